The van der Waals surface area contributed by atoms with Crippen LogP contribution in [0.3, 0.4) is 0 Å². The van der Waals surface area contributed by atoms with E-state index in [9.17, 15) is 4.79 Å². The van der Waals surface area contributed by atoms with Crippen LogP contribution in [0.4, 0.5) is 0 Å². The standard InChI is InChI=1S/C15H21NO3/c1-18-15(17)13-4-6-14(7-5-13)19-10-8-12-3-2-9-16-11-12/h4-7,12,16H,2-3,8-11H2,1H3/t12-/m0/s1. The lowest BCUT2D eigenvalue weighted by Crippen LogP contribution is -2.30. The minimum atomic E-state index is -0.320. The van der Waals surface area contributed by atoms with Crippen LogP contribution in [-0.4, -0.2) is 32.8 Å². The van der Waals surface area contributed by atoms with Gasteiger partial charge in [-0.1, -0.05) is 0 Å². The molecule has 2 rings (SSSR count). The molecule has 0 unspecified atom stereocenters. The molecular formula is C15H21NO3. The second kappa shape index (κ2) is 7.14. The predicted octanol–water partition coefficient (Wildman–Crippen LogP) is 2.24. The van der Waals surface area contributed by atoms with E-state index in [4.69, 9.17) is 4.74 Å². The number of rotatable bonds is 5. The van der Waals surface area contributed by atoms with Gasteiger partial charge in [-0.05, 0) is 62.5 Å². The fourth-order valence-electron chi connectivity index (χ4n) is 2.32. The van der Waals surface area contributed by atoms with E-state index in [0.29, 0.717) is 5.56 Å². The first kappa shape index (κ1) is 13.9. The van der Waals surface area contributed by atoms with Crippen molar-refractivity contribution in [2.24, 2.45) is 5.92 Å². The number of nitrogens with one attached hydrogen (secondary N) is 1. The van der Waals surface area contributed by atoms with Crippen LogP contribution in [0.5, 0.6) is 5.75 Å². The molecule has 0 aliphatic carbocycles. The predicted molar refractivity (Wildman–Crippen MR) is 73.5 cm³/mol. The molecular weight excluding hydrogens is 242 g/mol. The first-order valence-electron chi connectivity index (χ1n) is 6.81. The smallest absolute Gasteiger partial charge is 0.337 e. The summed E-state index contributed by atoms with van der Waals surface area (Å²) in [5, 5.41) is 3.40. The molecule has 0 saturated carbocycles. The van der Waals surface area contributed by atoms with Crippen molar-refractivity contribution in [1.29, 1.82) is 0 Å². The largest absolute Gasteiger partial charge is 0.494 e. The molecule has 1 aromatic rings. The summed E-state index contributed by atoms with van der Waals surface area (Å²) < 4.78 is 10.3. The van der Waals surface area contributed by atoms with Crippen LogP contribution in [0.15, 0.2) is 24.3 Å². The maximum absolute atomic E-state index is 11.3. The van der Waals surface area contributed by atoms with E-state index < -0.39 is 0 Å². The van der Waals surface area contributed by atoms with Gasteiger partial charge in [-0.3, -0.25) is 0 Å². The molecule has 0 aromatic heterocycles. The van der Waals surface area contributed by atoms with Crippen LogP contribution in [0.2, 0.25) is 0 Å². The van der Waals surface area contributed by atoms with Gasteiger partial charge in [-0.25, -0.2) is 4.79 Å². The summed E-state index contributed by atoms with van der Waals surface area (Å²) in [7, 11) is 1.38. The van der Waals surface area contributed by atoms with E-state index in [-0.39, 0.29) is 5.97 Å². The molecule has 1 fully saturated rings. The van der Waals surface area contributed by atoms with Gasteiger partial charge in [0.05, 0.1) is 19.3 Å². The lowest BCUT2D eigenvalue weighted by molar-refractivity contribution is 0.0600. The van der Waals surface area contributed by atoms with Crippen LogP contribution in [-0.2, 0) is 4.74 Å². The number of ether oxygens (including phenoxy) is 2. The van der Waals surface area contributed by atoms with Crippen LogP contribution in [0.25, 0.3) is 0 Å². The van der Waals surface area contributed by atoms with Crippen LogP contribution in [0, 0.1) is 5.92 Å². The molecule has 0 spiro atoms. The van der Waals surface area contributed by atoms with E-state index in [2.05, 4.69) is 10.1 Å². The third kappa shape index (κ3) is 4.24. The number of benzene rings is 1. The van der Waals surface area contributed by atoms with Crippen molar-refractivity contribution in [3.8, 4) is 5.75 Å². The molecule has 0 bridgehead atoms. The highest BCUT2D eigenvalue weighted by Crippen LogP contribution is 2.17. The first-order chi connectivity index (χ1) is 9.29. The number of esters is 1. The highest BCUT2D eigenvalue weighted by molar-refractivity contribution is 5.89. The highest BCUT2D eigenvalue weighted by atomic mass is 16.5. The number of carbonyl (C=O) groups excluding carboxylic acids is 1. The van der Waals surface area contributed by atoms with Crippen molar-refractivity contribution < 1.29 is 14.3 Å². The van der Waals surface area contributed by atoms with Gasteiger partial charge in [-0.2, -0.15) is 0 Å². The van der Waals surface area contributed by atoms with Gasteiger partial charge >= 0.3 is 5.97 Å². The van der Waals surface area contributed by atoms with Gasteiger partial charge in [0.15, 0.2) is 0 Å². The maximum atomic E-state index is 11.3. The second-order valence-electron chi connectivity index (χ2n) is 4.87. The normalized spacial score (nSPS) is 18.9. The number of carbonyl (C=O) groups is 1. The summed E-state index contributed by atoms with van der Waals surface area (Å²) in [5.74, 6) is 1.21. The lowest BCUT2D eigenvalue weighted by Gasteiger charge is -2.22. The molecule has 1 N–H and O–H groups in total. The number of piperidine rings is 1. The second-order valence-corrected chi connectivity index (χ2v) is 4.87. The topological polar surface area (TPSA) is 47.6 Å². The molecule has 19 heavy (non-hydrogen) atoms. The zero-order chi connectivity index (χ0) is 13.5. The third-order valence-electron chi connectivity index (χ3n) is 3.47. The van der Waals surface area contributed by atoms with Gasteiger partial charge in [0.1, 0.15) is 5.75 Å². The minimum absolute atomic E-state index is 0.320. The van der Waals surface area contributed by atoms with Crippen LogP contribution in [0.1, 0.15) is 29.6 Å². The Morgan fingerprint density at radius 2 is 2.16 bits per heavy atom. The molecule has 104 valence electrons. The lowest BCUT2D eigenvalue weighted by atomic mass is 9.97. The average Bonchev–Trinajstić information content (AvgIpc) is 2.48. The number of hydrogen-bond acceptors (Lipinski definition) is 4. The zero-order valence-corrected chi connectivity index (χ0v) is 11.4. The Balaban J connectivity index is 1.75. The molecule has 1 aliphatic heterocycles. The summed E-state index contributed by atoms with van der Waals surface area (Å²) in [4.78, 5) is 11.3. The van der Waals surface area contributed by atoms with E-state index in [1.165, 1.54) is 20.0 Å². The Labute approximate surface area is 114 Å². The monoisotopic (exact) mass is 263 g/mol. The van der Waals surface area contributed by atoms with Gasteiger partial charge in [0.2, 0.25) is 0 Å². The van der Waals surface area contributed by atoms with Crippen molar-refractivity contribution >= 4 is 5.97 Å². The summed E-state index contributed by atoms with van der Waals surface area (Å²) in [6, 6.07) is 7.07. The average molecular weight is 263 g/mol. The quantitative estimate of drug-likeness (QED) is 0.828. The molecule has 1 aromatic carbocycles. The van der Waals surface area contributed by atoms with Gasteiger partial charge in [0.25, 0.3) is 0 Å². The van der Waals surface area contributed by atoms with Gasteiger partial charge in [0, 0.05) is 0 Å². The molecule has 0 amide bonds. The van der Waals surface area contributed by atoms with E-state index in [1.54, 1.807) is 12.1 Å². The van der Waals surface area contributed by atoms with Gasteiger partial charge < -0.3 is 14.8 Å². The molecule has 1 saturated heterocycles. The summed E-state index contributed by atoms with van der Waals surface area (Å²) in [6.07, 6.45) is 3.63. The summed E-state index contributed by atoms with van der Waals surface area (Å²) >= 11 is 0. The van der Waals surface area contributed by atoms with Crippen molar-refractivity contribution in [3.63, 3.8) is 0 Å². The van der Waals surface area contributed by atoms with Crippen molar-refractivity contribution in [1.82, 2.24) is 5.32 Å². The highest BCUT2D eigenvalue weighted by Gasteiger charge is 2.12. The van der Waals surface area contributed by atoms with E-state index in [1.807, 2.05) is 12.1 Å². The zero-order valence-electron chi connectivity index (χ0n) is 11.4. The SMILES string of the molecule is COC(=O)c1ccc(OCC[C@@H]2CCCNC2)cc1. The van der Waals surface area contributed by atoms with Crippen molar-refractivity contribution in [2.75, 3.05) is 26.8 Å². The Morgan fingerprint density at radius 3 is 2.79 bits per heavy atom. The van der Waals surface area contributed by atoms with Crippen molar-refractivity contribution in [2.45, 2.75) is 19.3 Å². The molecule has 1 heterocycles. The van der Waals surface area contributed by atoms with Gasteiger partial charge in [-0.15, -0.1) is 0 Å². The summed E-state index contributed by atoms with van der Waals surface area (Å²) in [6.45, 7) is 2.97. The Bertz CT molecular complexity index is 396. The minimum Gasteiger partial charge on any atom is -0.494 e. The van der Waals surface area contributed by atoms with Crippen molar-refractivity contribution in [3.05, 3.63) is 29.8 Å². The molecule has 4 heteroatoms. The molecule has 0 radical (unpaired) electrons. The first-order valence-corrected chi connectivity index (χ1v) is 6.81. The Morgan fingerprint density at radius 1 is 1.37 bits per heavy atom. The number of methoxy groups -OCH3 is 1. The maximum Gasteiger partial charge on any atom is 0.337 e. The van der Waals surface area contributed by atoms with E-state index >= 15 is 0 Å². The fraction of sp³-hybridized carbons (Fsp3) is 0.533. The fourth-order valence-corrected chi connectivity index (χ4v) is 2.32. The molecule has 4 nitrogen and oxygen atoms in total. The Hall–Kier alpha value is -1.55. The van der Waals surface area contributed by atoms with Crippen LogP contribution >= 0.6 is 0 Å². The molecule has 1 aliphatic rings. The Kier molecular flexibility index (Phi) is 5.21. The summed E-state index contributed by atoms with van der Waals surface area (Å²) in [5.41, 5.74) is 0.548. The third-order valence-corrected chi connectivity index (χ3v) is 3.47. The number of hydrogen-bond donors (Lipinski definition) is 1. The van der Waals surface area contributed by atoms with Crippen LogP contribution < -0.4 is 10.1 Å². The van der Waals surface area contributed by atoms with E-state index in [0.717, 1.165) is 37.8 Å². The molecule has 1 atom stereocenters.